The molecule has 0 fully saturated rings. The van der Waals surface area contributed by atoms with Gasteiger partial charge in [-0.15, -0.1) is 6.58 Å². The quantitative estimate of drug-likeness (QED) is 0.767. The van der Waals surface area contributed by atoms with E-state index in [1.807, 2.05) is 0 Å². The Morgan fingerprint density at radius 2 is 2.00 bits per heavy atom. The number of hydrogen-bond acceptors (Lipinski definition) is 3. The second-order valence-electron chi connectivity index (χ2n) is 4.24. The molecule has 0 saturated carbocycles. The molecule has 0 heterocycles. The van der Waals surface area contributed by atoms with E-state index in [9.17, 15) is 9.59 Å². The second kappa shape index (κ2) is 7.99. The van der Waals surface area contributed by atoms with Crippen LogP contribution in [0, 0.1) is 0 Å². The Kier molecular flexibility index (Phi) is 6.29. The number of nitrogens with zero attached hydrogens (tertiary/aromatic N) is 1. The van der Waals surface area contributed by atoms with Gasteiger partial charge in [0, 0.05) is 32.1 Å². The molecule has 0 aliphatic heterocycles. The van der Waals surface area contributed by atoms with E-state index in [0.29, 0.717) is 30.9 Å². The van der Waals surface area contributed by atoms with E-state index in [4.69, 9.17) is 4.74 Å². The second-order valence-corrected chi connectivity index (χ2v) is 4.24. The molecule has 5 heteroatoms. The Morgan fingerprint density at radius 1 is 1.35 bits per heavy atom. The van der Waals surface area contributed by atoms with Gasteiger partial charge in [-0.3, -0.25) is 9.59 Å². The number of hydrogen-bond donors (Lipinski definition) is 1. The fraction of sp³-hybridized carbons (Fsp3) is 0.333. The van der Waals surface area contributed by atoms with Crippen LogP contribution in [-0.4, -0.2) is 43.5 Å². The number of amides is 2. The van der Waals surface area contributed by atoms with Crippen molar-refractivity contribution in [2.75, 3.05) is 26.7 Å². The Bertz CT molecular complexity index is 469. The van der Waals surface area contributed by atoms with Crippen molar-refractivity contribution in [1.82, 2.24) is 10.2 Å². The van der Waals surface area contributed by atoms with Crippen LogP contribution in [0.2, 0.25) is 0 Å². The lowest BCUT2D eigenvalue weighted by molar-refractivity contribution is -0.128. The molecular formula is C15H20N2O3. The highest BCUT2D eigenvalue weighted by atomic mass is 16.5. The molecule has 0 unspecified atom stereocenters. The van der Waals surface area contributed by atoms with Crippen LogP contribution in [0.4, 0.5) is 0 Å². The molecule has 0 spiro atoms. The van der Waals surface area contributed by atoms with Crippen LogP contribution in [0.15, 0.2) is 36.9 Å². The van der Waals surface area contributed by atoms with Gasteiger partial charge in [0.1, 0.15) is 5.75 Å². The van der Waals surface area contributed by atoms with Crippen LogP contribution in [0.5, 0.6) is 5.75 Å². The summed E-state index contributed by atoms with van der Waals surface area (Å²) in [6.07, 6.45) is 1.66. The highest BCUT2D eigenvalue weighted by molar-refractivity contribution is 5.94. The largest absolute Gasteiger partial charge is 0.497 e. The van der Waals surface area contributed by atoms with Crippen LogP contribution in [0.3, 0.4) is 0 Å². The fourth-order valence-electron chi connectivity index (χ4n) is 1.68. The number of nitrogens with one attached hydrogen (secondary N) is 1. The smallest absolute Gasteiger partial charge is 0.251 e. The van der Waals surface area contributed by atoms with Gasteiger partial charge in [-0.25, -0.2) is 0 Å². The Hall–Kier alpha value is -2.30. The first-order valence-electron chi connectivity index (χ1n) is 6.37. The molecule has 0 saturated heterocycles. The first-order chi connectivity index (χ1) is 9.58. The van der Waals surface area contributed by atoms with Gasteiger partial charge in [-0.05, 0) is 24.3 Å². The molecule has 0 radical (unpaired) electrons. The predicted molar refractivity (Wildman–Crippen MR) is 77.8 cm³/mol. The predicted octanol–water partition coefficient (Wildman–Crippen LogP) is 1.46. The summed E-state index contributed by atoms with van der Waals surface area (Å²) in [5.74, 6) is 0.494. The van der Waals surface area contributed by atoms with Crippen molar-refractivity contribution in [2.45, 2.75) is 6.92 Å². The van der Waals surface area contributed by atoms with Crippen molar-refractivity contribution in [3.63, 3.8) is 0 Å². The van der Waals surface area contributed by atoms with Gasteiger partial charge in [0.2, 0.25) is 5.91 Å². The summed E-state index contributed by atoms with van der Waals surface area (Å²) >= 11 is 0. The van der Waals surface area contributed by atoms with Gasteiger partial charge in [0.15, 0.2) is 0 Å². The summed E-state index contributed by atoms with van der Waals surface area (Å²) in [6.45, 7) is 6.43. The third kappa shape index (κ3) is 4.76. The summed E-state index contributed by atoms with van der Waals surface area (Å²) in [6, 6.07) is 6.85. The number of rotatable bonds is 7. The van der Waals surface area contributed by atoms with Gasteiger partial charge >= 0.3 is 0 Å². The van der Waals surface area contributed by atoms with Crippen LogP contribution < -0.4 is 10.1 Å². The van der Waals surface area contributed by atoms with Gasteiger partial charge in [-0.2, -0.15) is 0 Å². The van der Waals surface area contributed by atoms with Crippen molar-refractivity contribution in [2.24, 2.45) is 0 Å². The normalized spacial score (nSPS) is 9.70. The van der Waals surface area contributed by atoms with Crippen molar-refractivity contribution in [3.8, 4) is 5.75 Å². The van der Waals surface area contributed by atoms with Crippen molar-refractivity contribution in [3.05, 3.63) is 42.5 Å². The standard InChI is InChI=1S/C15H20N2O3/c1-4-10-17(12(2)18)11-9-16-15(19)13-5-7-14(20-3)8-6-13/h4-8H,1,9-11H2,2-3H3,(H,16,19). The third-order valence-electron chi connectivity index (χ3n) is 2.81. The number of ether oxygens (including phenoxy) is 1. The molecule has 0 atom stereocenters. The molecule has 5 nitrogen and oxygen atoms in total. The summed E-state index contributed by atoms with van der Waals surface area (Å²) < 4.78 is 5.03. The molecule has 108 valence electrons. The van der Waals surface area contributed by atoms with Crippen molar-refractivity contribution < 1.29 is 14.3 Å². The zero-order valence-corrected chi connectivity index (χ0v) is 11.9. The Balaban J connectivity index is 2.45. The number of benzene rings is 1. The lowest BCUT2D eigenvalue weighted by Gasteiger charge is -2.19. The summed E-state index contributed by atoms with van der Waals surface area (Å²) in [7, 11) is 1.57. The Labute approximate surface area is 119 Å². The molecule has 0 aromatic heterocycles. The van der Waals surface area contributed by atoms with E-state index in [-0.39, 0.29) is 11.8 Å². The van der Waals surface area contributed by atoms with E-state index in [1.54, 1.807) is 42.4 Å². The highest BCUT2D eigenvalue weighted by Crippen LogP contribution is 2.10. The first-order valence-corrected chi connectivity index (χ1v) is 6.37. The molecule has 2 amide bonds. The third-order valence-corrected chi connectivity index (χ3v) is 2.81. The molecule has 1 rings (SSSR count). The van der Waals surface area contributed by atoms with Crippen LogP contribution in [0.25, 0.3) is 0 Å². The minimum Gasteiger partial charge on any atom is -0.497 e. The highest BCUT2D eigenvalue weighted by Gasteiger charge is 2.08. The molecule has 20 heavy (non-hydrogen) atoms. The van der Waals surface area contributed by atoms with Gasteiger partial charge in [-0.1, -0.05) is 6.08 Å². The zero-order chi connectivity index (χ0) is 15.0. The number of carbonyl (C=O) groups excluding carboxylic acids is 2. The summed E-state index contributed by atoms with van der Waals surface area (Å²) in [5, 5.41) is 2.77. The lowest BCUT2D eigenvalue weighted by atomic mass is 10.2. The average molecular weight is 276 g/mol. The average Bonchev–Trinajstić information content (AvgIpc) is 2.46. The van der Waals surface area contributed by atoms with E-state index in [1.165, 1.54) is 6.92 Å². The van der Waals surface area contributed by atoms with Crippen molar-refractivity contribution in [1.29, 1.82) is 0 Å². The van der Waals surface area contributed by atoms with E-state index < -0.39 is 0 Å². The number of carbonyl (C=O) groups is 2. The van der Waals surface area contributed by atoms with Gasteiger partial charge < -0.3 is 15.0 Å². The van der Waals surface area contributed by atoms with Crippen molar-refractivity contribution >= 4 is 11.8 Å². The fourth-order valence-corrected chi connectivity index (χ4v) is 1.68. The van der Waals surface area contributed by atoms with E-state index in [0.717, 1.165) is 0 Å². The monoisotopic (exact) mass is 276 g/mol. The number of methoxy groups -OCH3 is 1. The maximum absolute atomic E-state index is 11.9. The molecule has 0 aliphatic rings. The van der Waals surface area contributed by atoms with E-state index >= 15 is 0 Å². The minimum atomic E-state index is -0.172. The maximum Gasteiger partial charge on any atom is 0.251 e. The maximum atomic E-state index is 11.9. The Morgan fingerprint density at radius 3 is 2.50 bits per heavy atom. The first kappa shape index (κ1) is 15.8. The molecule has 0 aliphatic carbocycles. The summed E-state index contributed by atoms with van der Waals surface area (Å²) in [4.78, 5) is 24.8. The molecule has 1 N–H and O–H groups in total. The van der Waals surface area contributed by atoms with Crippen LogP contribution >= 0.6 is 0 Å². The summed E-state index contributed by atoms with van der Waals surface area (Å²) in [5.41, 5.74) is 0.559. The topological polar surface area (TPSA) is 58.6 Å². The van der Waals surface area contributed by atoms with Crippen LogP contribution in [0.1, 0.15) is 17.3 Å². The van der Waals surface area contributed by atoms with Gasteiger partial charge in [0.05, 0.1) is 7.11 Å². The molecule has 1 aromatic rings. The zero-order valence-electron chi connectivity index (χ0n) is 11.9. The SMILES string of the molecule is C=CCN(CCNC(=O)c1ccc(OC)cc1)C(C)=O. The van der Waals surface area contributed by atoms with Crippen LogP contribution in [-0.2, 0) is 4.79 Å². The molecule has 0 bridgehead atoms. The van der Waals surface area contributed by atoms with Gasteiger partial charge in [0.25, 0.3) is 5.91 Å². The molecular weight excluding hydrogens is 256 g/mol. The molecule has 1 aromatic carbocycles. The van der Waals surface area contributed by atoms with E-state index in [2.05, 4.69) is 11.9 Å². The minimum absolute atomic E-state index is 0.0383. The lowest BCUT2D eigenvalue weighted by Crippen LogP contribution is -2.37.